The molecule has 2 rings (SSSR count). The smallest absolute Gasteiger partial charge is 0.315 e. The Morgan fingerprint density at radius 1 is 1.25 bits per heavy atom. The second-order valence-corrected chi connectivity index (χ2v) is 6.28. The molecule has 6 nitrogen and oxygen atoms in total. The van der Waals surface area contributed by atoms with Gasteiger partial charge in [0.1, 0.15) is 5.76 Å². The maximum atomic E-state index is 12.3. The number of carbonyl (C=O) groups excluding carboxylic acids is 1. The Morgan fingerprint density at radius 3 is 2.54 bits per heavy atom. The van der Waals surface area contributed by atoms with E-state index in [0.29, 0.717) is 6.54 Å². The lowest BCUT2D eigenvalue weighted by molar-refractivity contribution is 0.232. The van der Waals surface area contributed by atoms with Crippen LogP contribution in [0.5, 0.6) is 0 Å². The van der Waals surface area contributed by atoms with E-state index in [1.807, 2.05) is 46.1 Å². The zero-order valence-corrected chi connectivity index (χ0v) is 14.8. The summed E-state index contributed by atoms with van der Waals surface area (Å²) in [6.45, 7) is 4.90. The van der Waals surface area contributed by atoms with Gasteiger partial charge in [0.05, 0.1) is 5.69 Å². The standard InChI is InChI=1S/C18H26N4O2/c1-13-17(14(2)24-21-13)11-19-18(23)20-16(12-22(3)4)10-15-8-6-5-7-9-15/h5-9,16H,10-12H2,1-4H3,(H2,19,20,23)/t16-/m0/s1. The molecule has 0 unspecified atom stereocenters. The van der Waals surface area contributed by atoms with Crippen molar-refractivity contribution in [1.29, 1.82) is 0 Å². The van der Waals surface area contributed by atoms with Crippen LogP contribution in [0.3, 0.4) is 0 Å². The molecule has 0 aliphatic rings. The van der Waals surface area contributed by atoms with Crippen molar-refractivity contribution in [2.75, 3.05) is 20.6 Å². The predicted molar refractivity (Wildman–Crippen MR) is 93.8 cm³/mol. The van der Waals surface area contributed by atoms with E-state index < -0.39 is 0 Å². The Labute approximate surface area is 143 Å². The number of likely N-dealkylation sites (N-methyl/N-ethyl adjacent to an activating group) is 1. The van der Waals surface area contributed by atoms with Crippen LogP contribution in [-0.2, 0) is 13.0 Å². The van der Waals surface area contributed by atoms with E-state index in [4.69, 9.17) is 4.52 Å². The summed E-state index contributed by atoms with van der Waals surface area (Å²) in [6, 6.07) is 10.0. The molecule has 0 saturated carbocycles. The Morgan fingerprint density at radius 2 is 1.96 bits per heavy atom. The molecule has 0 radical (unpaired) electrons. The minimum Gasteiger partial charge on any atom is -0.361 e. The van der Waals surface area contributed by atoms with E-state index in [2.05, 4.69) is 32.8 Å². The van der Waals surface area contributed by atoms with Gasteiger partial charge in [-0.1, -0.05) is 35.5 Å². The lowest BCUT2D eigenvalue weighted by Gasteiger charge is -2.22. The van der Waals surface area contributed by atoms with Crippen LogP contribution in [0.15, 0.2) is 34.9 Å². The van der Waals surface area contributed by atoms with Gasteiger partial charge >= 0.3 is 6.03 Å². The number of aromatic nitrogens is 1. The van der Waals surface area contributed by atoms with Gasteiger partial charge in [-0.25, -0.2) is 4.79 Å². The molecule has 0 fully saturated rings. The third-order valence-electron chi connectivity index (χ3n) is 3.85. The third-order valence-corrected chi connectivity index (χ3v) is 3.85. The van der Waals surface area contributed by atoms with E-state index in [-0.39, 0.29) is 12.1 Å². The topological polar surface area (TPSA) is 70.4 Å². The Balaban J connectivity index is 1.91. The van der Waals surface area contributed by atoms with Crippen molar-refractivity contribution in [3.05, 3.63) is 52.9 Å². The Kier molecular flexibility index (Phi) is 6.37. The number of rotatable bonds is 7. The summed E-state index contributed by atoms with van der Waals surface area (Å²) in [4.78, 5) is 14.3. The van der Waals surface area contributed by atoms with Crippen LogP contribution in [0.2, 0.25) is 0 Å². The minimum atomic E-state index is -0.183. The van der Waals surface area contributed by atoms with Gasteiger partial charge in [0.25, 0.3) is 0 Å². The number of benzene rings is 1. The van der Waals surface area contributed by atoms with E-state index in [1.54, 1.807) is 0 Å². The van der Waals surface area contributed by atoms with Gasteiger partial charge in [0.2, 0.25) is 0 Å². The van der Waals surface area contributed by atoms with Crippen LogP contribution in [0.25, 0.3) is 0 Å². The van der Waals surface area contributed by atoms with Crippen LogP contribution in [0.4, 0.5) is 4.79 Å². The summed E-state index contributed by atoms with van der Waals surface area (Å²) in [7, 11) is 4.00. The molecule has 2 aromatic rings. The molecule has 1 aromatic heterocycles. The molecule has 0 bridgehead atoms. The maximum Gasteiger partial charge on any atom is 0.315 e. The number of nitrogens with one attached hydrogen (secondary N) is 2. The minimum absolute atomic E-state index is 0.0343. The first-order valence-corrected chi connectivity index (χ1v) is 8.10. The number of aryl methyl sites for hydroxylation is 2. The molecule has 0 spiro atoms. The van der Waals surface area contributed by atoms with E-state index in [1.165, 1.54) is 5.56 Å². The fourth-order valence-corrected chi connectivity index (χ4v) is 2.66. The molecule has 0 aliphatic carbocycles. The van der Waals surface area contributed by atoms with Gasteiger partial charge in [-0.2, -0.15) is 0 Å². The monoisotopic (exact) mass is 330 g/mol. The number of urea groups is 1. The van der Waals surface area contributed by atoms with E-state index in [9.17, 15) is 4.79 Å². The van der Waals surface area contributed by atoms with Crippen LogP contribution in [0.1, 0.15) is 22.6 Å². The quantitative estimate of drug-likeness (QED) is 0.817. The normalized spacial score (nSPS) is 12.2. The highest BCUT2D eigenvalue weighted by atomic mass is 16.5. The zero-order valence-electron chi connectivity index (χ0n) is 14.8. The molecule has 6 heteroatoms. The number of carbonyl (C=O) groups is 1. The summed E-state index contributed by atoms with van der Waals surface area (Å²) < 4.78 is 5.11. The predicted octanol–water partition coefficient (Wildman–Crippen LogP) is 2.26. The fraction of sp³-hybridized carbons (Fsp3) is 0.444. The van der Waals surface area contributed by atoms with Crippen molar-refractivity contribution < 1.29 is 9.32 Å². The average molecular weight is 330 g/mol. The van der Waals surface area contributed by atoms with Gasteiger partial charge < -0.3 is 20.1 Å². The number of hydrogen-bond donors (Lipinski definition) is 2. The second kappa shape index (κ2) is 8.49. The number of amides is 2. The summed E-state index contributed by atoms with van der Waals surface area (Å²) in [6.07, 6.45) is 0.789. The van der Waals surface area contributed by atoms with Crippen molar-refractivity contribution in [2.45, 2.75) is 32.9 Å². The van der Waals surface area contributed by atoms with Gasteiger partial charge in [-0.15, -0.1) is 0 Å². The zero-order chi connectivity index (χ0) is 17.5. The first kappa shape index (κ1) is 18.0. The highest BCUT2D eigenvalue weighted by Gasteiger charge is 2.15. The van der Waals surface area contributed by atoms with E-state index >= 15 is 0 Å². The summed E-state index contributed by atoms with van der Waals surface area (Å²) >= 11 is 0. The van der Waals surface area contributed by atoms with Gasteiger partial charge in [0.15, 0.2) is 0 Å². The summed E-state index contributed by atoms with van der Waals surface area (Å²) in [5.74, 6) is 0.738. The van der Waals surface area contributed by atoms with Crippen molar-refractivity contribution in [1.82, 2.24) is 20.7 Å². The van der Waals surface area contributed by atoms with Crippen LogP contribution < -0.4 is 10.6 Å². The first-order valence-electron chi connectivity index (χ1n) is 8.10. The molecule has 24 heavy (non-hydrogen) atoms. The van der Waals surface area contributed by atoms with Crippen molar-refractivity contribution in [3.63, 3.8) is 0 Å². The molecule has 0 saturated heterocycles. The Hall–Kier alpha value is -2.34. The molecule has 1 aromatic carbocycles. The van der Waals surface area contributed by atoms with E-state index in [0.717, 1.165) is 30.0 Å². The van der Waals surface area contributed by atoms with Crippen molar-refractivity contribution in [3.8, 4) is 0 Å². The number of hydrogen-bond acceptors (Lipinski definition) is 4. The van der Waals surface area contributed by atoms with Crippen LogP contribution in [0, 0.1) is 13.8 Å². The molecule has 2 amide bonds. The van der Waals surface area contributed by atoms with Crippen molar-refractivity contribution in [2.24, 2.45) is 0 Å². The number of nitrogens with zero attached hydrogens (tertiary/aromatic N) is 2. The largest absolute Gasteiger partial charge is 0.361 e. The highest BCUT2D eigenvalue weighted by molar-refractivity contribution is 5.74. The lowest BCUT2D eigenvalue weighted by Crippen LogP contribution is -2.47. The summed E-state index contributed by atoms with van der Waals surface area (Å²) in [5.41, 5.74) is 2.94. The van der Waals surface area contributed by atoms with Crippen LogP contribution >= 0.6 is 0 Å². The van der Waals surface area contributed by atoms with Gasteiger partial charge in [-0.3, -0.25) is 0 Å². The van der Waals surface area contributed by atoms with Gasteiger partial charge in [0, 0.05) is 24.7 Å². The second-order valence-electron chi connectivity index (χ2n) is 6.28. The SMILES string of the molecule is Cc1noc(C)c1CNC(=O)N[C@@H](Cc1ccccc1)CN(C)C. The molecule has 0 aliphatic heterocycles. The fourth-order valence-electron chi connectivity index (χ4n) is 2.66. The van der Waals surface area contributed by atoms with Crippen LogP contribution in [-0.4, -0.2) is 42.8 Å². The molecule has 2 N–H and O–H groups in total. The molecule has 1 heterocycles. The first-order chi connectivity index (χ1) is 11.5. The van der Waals surface area contributed by atoms with Gasteiger partial charge in [-0.05, 0) is 39.9 Å². The molecule has 1 atom stereocenters. The molecule has 130 valence electrons. The average Bonchev–Trinajstić information content (AvgIpc) is 2.84. The molecular formula is C18H26N4O2. The maximum absolute atomic E-state index is 12.3. The Bertz CT molecular complexity index is 633. The van der Waals surface area contributed by atoms with Crippen molar-refractivity contribution >= 4 is 6.03 Å². The highest BCUT2D eigenvalue weighted by Crippen LogP contribution is 2.11. The third kappa shape index (κ3) is 5.38. The summed E-state index contributed by atoms with van der Waals surface area (Å²) in [5, 5.41) is 9.84. The lowest BCUT2D eigenvalue weighted by atomic mass is 10.1. The molecular weight excluding hydrogens is 304 g/mol.